The van der Waals surface area contributed by atoms with Crippen molar-refractivity contribution in [1.82, 2.24) is 20.0 Å². The van der Waals surface area contributed by atoms with E-state index in [0.29, 0.717) is 23.8 Å². The molecule has 2 aromatic carbocycles. The van der Waals surface area contributed by atoms with E-state index in [2.05, 4.69) is 5.32 Å². The smallest absolute Gasteiger partial charge is 0.257 e. The van der Waals surface area contributed by atoms with Gasteiger partial charge in [-0.25, -0.2) is 4.68 Å². The molecule has 1 aliphatic heterocycles. The highest BCUT2D eigenvalue weighted by Gasteiger charge is 2.27. The topological polar surface area (TPSA) is 59.4 Å². The fourth-order valence-corrected chi connectivity index (χ4v) is 3.79. The standard InChI is InChI=1S/C23H26N4O2.ClH/c1-24-18-9-7-13-26(15-18)23(28)21-16-27(19-10-4-3-5-11-19)25-22(21)17-8-6-12-20(14-17)29-2;/h3-6,8,10-12,14,16,18,24H,7,9,13,15H2,1-2H3;1H. The number of halogens is 1. The maximum absolute atomic E-state index is 13.5. The van der Waals surface area contributed by atoms with Gasteiger partial charge < -0.3 is 15.0 Å². The summed E-state index contributed by atoms with van der Waals surface area (Å²) < 4.78 is 7.15. The van der Waals surface area contributed by atoms with Gasteiger partial charge in [-0.05, 0) is 44.2 Å². The number of hydrogen-bond donors (Lipinski definition) is 1. The van der Waals surface area contributed by atoms with Gasteiger partial charge in [0.15, 0.2) is 0 Å². The van der Waals surface area contributed by atoms with Crippen LogP contribution in [0, 0.1) is 0 Å². The van der Waals surface area contributed by atoms with Crippen LogP contribution in [0.1, 0.15) is 23.2 Å². The molecule has 0 bridgehead atoms. The first-order valence-electron chi connectivity index (χ1n) is 9.95. The van der Waals surface area contributed by atoms with Crippen LogP contribution in [-0.4, -0.2) is 53.9 Å². The number of carbonyl (C=O) groups is 1. The summed E-state index contributed by atoms with van der Waals surface area (Å²) >= 11 is 0. The highest BCUT2D eigenvalue weighted by molar-refractivity contribution is 6.00. The number of hydrogen-bond acceptors (Lipinski definition) is 4. The molecule has 1 atom stereocenters. The van der Waals surface area contributed by atoms with Crippen LogP contribution in [0.5, 0.6) is 5.75 Å². The molecule has 1 fully saturated rings. The van der Waals surface area contributed by atoms with Gasteiger partial charge in [0.25, 0.3) is 5.91 Å². The third-order valence-corrected chi connectivity index (χ3v) is 5.43. The number of carbonyl (C=O) groups excluding carboxylic acids is 1. The summed E-state index contributed by atoms with van der Waals surface area (Å²) in [5, 5.41) is 8.08. The van der Waals surface area contributed by atoms with Crippen molar-refractivity contribution in [2.24, 2.45) is 0 Å². The first kappa shape index (κ1) is 21.9. The van der Waals surface area contributed by atoms with Crippen LogP contribution < -0.4 is 10.1 Å². The minimum atomic E-state index is 0. The lowest BCUT2D eigenvalue weighted by atomic mass is 10.0. The first-order valence-corrected chi connectivity index (χ1v) is 9.95. The zero-order valence-corrected chi connectivity index (χ0v) is 18.1. The van der Waals surface area contributed by atoms with E-state index in [4.69, 9.17) is 9.84 Å². The Morgan fingerprint density at radius 1 is 1.17 bits per heavy atom. The SMILES string of the molecule is CNC1CCCN(C(=O)c2cn(-c3ccccc3)nc2-c2cccc(OC)c2)C1.Cl. The lowest BCUT2D eigenvalue weighted by Crippen LogP contribution is -2.47. The van der Waals surface area contributed by atoms with Gasteiger partial charge in [-0.1, -0.05) is 30.3 Å². The summed E-state index contributed by atoms with van der Waals surface area (Å²) in [6.07, 6.45) is 3.93. The summed E-state index contributed by atoms with van der Waals surface area (Å²) in [4.78, 5) is 15.4. The Morgan fingerprint density at radius 3 is 2.70 bits per heavy atom. The second-order valence-corrected chi connectivity index (χ2v) is 7.28. The van der Waals surface area contributed by atoms with Crippen LogP contribution in [0.3, 0.4) is 0 Å². The van der Waals surface area contributed by atoms with Crippen LogP contribution in [0.2, 0.25) is 0 Å². The predicted molar refractivity (Wildman–Crippen MR) is 121 cm³/mol. The Balaban J connectivity index is 0.00000256. The number of likely N-dealkylation sites (N-methyl/N-ethyl adjacent to an activating group) is 1. The molecule has 158 valence electrons. The van der Waals surface area contributed by atoms with E-state index in [1.54, 1.807) is 11.8 Å². The van der Waals surface area contributed by atoms with Crippen LogP contribution in [0.15, 0.2) is 60.8 Å². The van der Waals surface area contributed by atoms with Crippen LogP contribution in [0.25, 0.3) is 16.9 Å². The number of benzene rings is 2. The number of nitrogens with zero attached hydrogens (tertiary/aromatic N) is 3. The molecule has 2 heterocycles. The number of ether oxygens (including phenoxy) is 1. The van der Waals surface area contributed by atoms with Crippen LogP contribution in [0.4, 0.5) is 0 Å². The van der Waals surface area contributed by atoms with Gasteiger partial charge in [-0.3, -0.25) is 4.79 Å². The number of methoxy groups -OCH3 is 1. The molecular weight excluding hydrogens is 400 g/mol. The van der Waals surface area contributed by atoms with E-state index >= 15 is 0 Å². The molecule has 0 saturated carbocycles. The average Bonchev–Trinajstić information content (AvgIpc) is 3.25. The van der Waals surface area contributed by atoms with E-state index in [-0.39, 0.29) is 18.3 Å². The first-order chi connectivity index (χ1) is 14.2. The van der Waals surface area contributed by atoms with Crippen LogP contribution in [-0.2, 0) is 0 Å². The number of para-hydroxylation sites is 1. The molecule has 0 aliphatic carbocycles. The van der Waals surface area contributed by atoms with E-state index < -0.39 is 0 Å². The monoisotopic (exact) mass is 426 g/mol. The summed E-state index contributed by atoms with van der Waals surface area (Å²) in [6, 6.07) is 17.9. The van der Waals surface area contributed by atoms with Gasteiger partial charge >= 0.3 is 0 Å². The van der Waals surface area contributed by atoms with Gasteiger partial charge in [-0.15, -0.1) is 12.4 Å². The molecule has 1 aromatic heterocycles. The van der Waals surface area contributed by atoms with Crippen molar-refractivity contribution in [3.05, 3.63) is 66.4 Å². The van der Waals surface area contributed by atoms with Crippen molar-refractivity contribution in [1.29, 1.82) is 0 Å². The highest BCUT2D eigenvalue weighted by atomic mass is 35.5. The van der Waals surface area contributed by atoms with Gasteiger partial charge in [-0.2, -0.15) is 5.10 Å². The van der Waals surface area contributed by atoms with Gasteiger partial charge in [0.1, 0.15) is 11.4 Å². The summed E-state index contributed by atoms with van der Waals surface area (Å²) in [6.45, 7) is 1.48. The van der Waals surface area contributed by atoms with E-state index in [9.17, 15) is 4.79 Å². The Kier molecular flexibility index (Phi) is 7.13. The number of nitrogens with one attached hydrogen (secondary N) is 1. The summed E-state index contributed by atoms with van der Waals surface area (Å²) in [7, 11) is 3.59. The van der Waals surface area contributed by atoms with Crippen molar-refractivity contribution in [3.8, 4) is 22.7 Å². The predicted octanol–water partition coefficient (Wildman–Crippen LogP) is 3.79. The van der Waals surface area contributed by atoms with Crippen molar-refractivity contribution in [3.63, 3.8) is 0 Å². The molecular formula is C23H27ClN4O2. The molecule has 7 heteroatoms. The quantitative estimate of drug-likeness (QED) is 0.674. The zero-order valence-electron chi connectivity index (χ0n) is 17.2. The number of rotatable bonds is 5. The lowest BCUT2D eigenvalue weighted by Gasteiger charge is -2.32. The molecule has 0 radical (unpaired) electrons. The van der Waals surface area contributed by atoms with Crippen molar-refractivity contribution in [2.45, 2.75) is 18.9 Å². The number of likely N-dealkylation sites (tertiary alicyclic amines) is 1. The second kappa shape index (κ2) is 9.78. The molecule has 4 rings (SSSR count). The third kappa shape index (κ3) is 4.50. The lowest BCUT2D eigenvalue weighted by molar-refractivity contribution is 0.0699. The molecule has 6 nitrogen and oxygen atoms in total. The fourth-order valence-electron chi connectivity index (χ4n) is 3.79. The molecule has 0 spiro atoms. The van der Waals surface area contributed by atoms with Crippen molar-refractivity contribution >= 4 is 18.3 Å². The van der Waals surface area contributed by atoms with Gasteiger partial charge in [0.05, 0.1) is 18.4 Å². The summed E-state index contributed by atoms with van der Waals surface area (Å²) in [5.41, 5.74) is 3.06. The maximum atomic E-state index is 13.5. The number of amides is 1. The number of piperidine rings is 1. The van der Waals surface area contributed by atoms with Crippen molar-refractivity contribution < 1.29 is 9.53 Å². The van der Waals surface area contributed by atoms with E-state index in [0.717, 1.165) is 36.4 Å². The fraction of sp³-hybridized carbons (Fsp3) is 0.304. The molecule has 3 aromatic rings. The van der Waals surface area contributed by atoms with Crippen molar-refractivity contribution in [2.75, 3.05) is 27.2 Å². The molecule has 1 N–H and O–H groups in total. The van der Waals surface area contributed by atoms with Gasteiger partial charge in [0.2, 0.25) is 0 Å². The zero-order chi connectivity index (χ0) is 20.2. The van der Waals surface area contributed by atoms with Crippen LogP contribution >= 0.6 is 12.4 Å². The largest absolute Gasteiger partial charge is 0.497 e. The van der Waals surface area contributed by atoms with Gasteiger partial charge in [0, 0.05) is 30.9 Å². The molecule has 1 unspecified atom stereocenters. The Labute approximate surface area is 183 Å². The Bertz CT molecular complexity index is 990. The van der Waals surface area contributed by atoms with E-state index in [1.165, 1.54) is 0 Å². The molecule has 30 heavy (non-hydrogen) atoms. The molecule has 1 aliphatic rings. The normalized spacial score (nSPS) is 16.1. The summed E-state index contributed by atoms with van der Waals surface area (Å²) in [5.74, 6) is 0.758. The second-order valence-electron chi connectivity index (χ2n) is 7.28. The molecule has 1 saturated heterocycles. The Morgan fingerprint density at radius 2 is 1.97 bits per heavy atom. The minimum Gasteiger partial charge on any atom is -0.497 e. The van der Waals surface area contributed by atoms with E-state index in [1.807, 2.05) is 72.7 Å². The third-order valence-electron chi connectivity index (χ3n) is 5.43. The average molecular weight is 427 g/mol. The number of aromatic nitrogens is 2. The Hall–Kier alpha value is -2.83. The molecule has 1 amide bonds. The maximum Gasteiger partial charge on any atom is 0.257 e. The minimum absolute atomic E-state index is 0. The highest BCUT2D eigenvalue weighted by Crippen LogP contribution is 2.28.